The highest BCUT2D eigenvalue weighted by Gasteiger charge is 2.23. The third-order valence-electron chi connectivity index (χ3n) is 3.13. The monoisotopic (exact) mass is 373 g/mol. The lowest BCUT2D eigenvalue weighted by atomic mass is 10.1. The highest BCUT2D eigenvalue weighted by atomic mass is 35.5. The summed E-state index contributed by atoms with van der Waals surface area (Å²) in [5, 5.41) is 10.0. The van der Waals surface area contributed by atoms with E-state index in [0.29, 0.717) is 15.6 Å². The molecule has 0 aliphatic heterocycles. The van der Waals surface area contributed by atoms with Crippen molar-refractivity contribution in [3.05, 3.63) is 63.6 Å². The zero-order valence-corrected chi connectivity index (χ0v) is 14.4. The van der Waals surface area contributed by atoms with Gasteiger partial charge >= 0.3 is 5.97 Å². The molecule has 23 heavy (non-hydrogen) atoms. The summed E-state index contributed by atoms with van der Waals surface area (Å²) in [6.07, 6.45) is 1.01. The second-order valence-electron chi connectivity index (χ2n) is 4.83. The van der Waals surface area contributed by atoms with E-state index in [0.717, 1.165) is 10.6 Å². The first kappa shape index (κ1) is 17.6. The lowest BCUT2D eigenvalue weighted by molar-refractivity contribution is 0.0697. The van der Waals surface area contributed by atoms with Crippen molar-refractivity contribution in [2.75, 3.05) is 10.6 Å². The maximum atomic E-state index is 12.2. The second-order valence-corrected chi connectivity index (χ2v) is 7.58. The summed E-state index contributed by atoms with van der Waals surface area (Å²) in [7, 11) is -3.72. The molecule has 0 spiro atoms. The number of hydrogen-bond donors (Lipinski definition) is 1. The van der Waals surface area contributed by atoms with Crippen molar-refractivity contribution in [2.24, 2.45) is 0 Å². The van der Waals surface area contributed by atoms with Crippen LogP contribution in [0.3, 0.4) is 0 Å². The number of hydrogen-bond acceptors (Lipinski definition) is 3. The predicted molar refractivity (Wildman–Crippen MR) is 90.9 cm³/mol. The van der Waals surface area contributed by atoms with E-state index in [1.807, 2.05) is 0 Å². The number of carbonyl (C=O) groups is 1. The zero-order chi connectivity index (χ0) is 17.2. The minimum atomic E-state index is -3.72. The fourth-order valence-corrected chi connectivity index (χ4v) is 3.42. The molecule has 0 aliphatic carbocycles. The van der Waals surface area contributed by atoms with E-state index in [9.17, 15) is 18.3 Å². The van der Waals surface area contributed by atoms with Crippen LogP contribution in [0.1, 0.15) is 15.9 Å². The highest BCUT2D eigenvalue weighted by Crippen LogP contribution is 2.28. The van der Waals surface area contributed by atoms with Crippen molar-refractivity contribution < 1.29 is 18.3 Å². The van der Waals surface area contributed by atoms with E-state index in [1.165, 1.54) is 24.3 Å². The first-order valence-corrected chi connectivity index (χ1v) is 9.04. The van der Waals surface area contributed by atoms with E-state index >= 15 is 0 Å². The normalized spacial score (nSPS) is 11.3. The van der Waals surface area contributed by atoms with Gasteiger partial charge in [-0.25, -0.2) is 13.2 Å². The van der Waals surface area contributed by atoms with Crippen LogP contribution < -0.4 is 4.31 Å². The number of halogens is 2. The standard InChI is InChI=1S/C15H13Cl2NO4S/c1-23(21,22)18(9-10-6-7-11(16)8-13(10)17)14-5-3-2-4-12(14)15(19)20/h2-8H,9H2,1H3,(H,19,20). The number of benzene rings is 2. The van der Waals surface area contributed by atoms with Gasteiger partial charge in [0.05, 0.1) is 24.1 Å². The summed E-state index contributed by atoms with van der Waals surface area (Å²) in [5.41, 5.74) is 0.484. The Hall–Kier alpha value is -1.76. The molecule has 0 unspecified atom stereocenters. The molecule has 0 saturated carbocycles. The van der Waals surface area contributed by atoms with Crippen molar-refractivity contribution in [2.45, 2.75) is 6.54 Å². The summed E-state index contributed by atoms with van der Waals surface area (Å²) in [4.78, 5) is 11.4. The second kappa shape index (κ2) is 6.78. The Bertz CT molecular complexity index is 852. The number of carboxylic acid groups (broad SMARTS) is 1. The molecular formula is C15H13Cl2NO4S. The molecule has 0 saturated heterocycles. The molecule has 0 heterocycles. The van der Waals surface area contributed by atoms with Crippen LogP contribution in [0, 0.1) is 0 Å². The first-order chi connectivity index (χ1) is 10.7. The summed E-state index contributed by atoms with van der Waals surface area (Å²) < 4.78 is 25.3. The number of carboxylic acids is 1. The van der Waals surface area contributed by atoms with Gasteiger partial charge < -0.3 is 5.11 Å². The topological polar surface area (TPSA) is 74.7 Å². The van der Waals surface area contributed by atoms with Gasteiger partial charge in [0.2, 0.25) is 10.0 Å². The summed E-state index contributed by atoms with van der Waals surface area (Å²) in [5.74, 6) is -1.21. The molecule has 0 aliphatic rings. The number of para-hydroxylation sites is 1. The van der Waals surface area contributed by atoms with Crippen LogP contribution in [-0.2, 0) is 16.6 Å². The molecule has 0 fully saturated rings. The van der Waals surface area contributed by atoms with Crippen LogP contribution in [0.5, 0.6) is 0 Å². The lowest BCUT2D eigenvalue weighted by Gasteiger charge is -2.24. The van der Waals surface area contributed by atoms with Gasteiger partial charge in [0.25, 0.3) is 0 Å². The summed E-state index contributed by atoms with van der Waals surface area (Å²) >= 11 is 11.9. The quantitative estimate of drug-likeness (QED) is 0.867. The van der Waals surface area contributed by atoms with Gasteiger partial charge in [-0.3, -0.25) is 4.31 Å². The van der Waals surface area contributed by atoms with Crippen molar-refractivity contribution in [3.8, 4) is 0 Å². The van der Waals surface area contributed by atoms with E-state index in [4.69, 9.17) is 23.2 Å². The number of anilines is 1. The molecule has 0 radical (unpaired) electrons. The summed E-state index contributed by atoms with van der Waals surface area (Å²) in [6, 6.07) is 10.6. The Morgan fingerprint density at radius 2 is 1.83 bits per heavy atom. The lowest BCUT2D eigenvalue weighted by Crippen LogP contribution is -2.30. The van der Waals surface area contributed by atoms with Gasteiger partial charge in [-0.05, 0) is 29.8 Å². The number of sulfonamides is 1. The third kappa shape index (κ3) is 4.16. The molecule has 1 N–H and O–H groups in total. The smallest absolute Gasteiger partial charge is 0.337 e. The molecule has 2 rings (SSSR count). The van der Waals surface area contributed by atoms with E-state index in [-0.39, 0.29) is 17.8 Å². The minimum Gasteiger partial charge on any atom is -0.478 e. The molecule has 0 atom stereocenters. The van der Waals surface area contributed by atoms with Gasteiger partial charge in [-0.2, -0.15) is 0 Å². The Labute approximate surface area is 144 Å². The molecular weight excluding hydrogens is 361 g/mol. The van der Waals surface area contributed by atoms with Crippen LogP contribution in [-0.4, -0.2) is 25.7 Å². The molecule has 0 amide bonds. The van der Waals surface area contributed by atoms with Crippen LogP contribution >= 0.6 is 23.2 Å². The molecule has 5 nitrogen and oxygen atoms in total. The maximum absolute atomic E-state index is 12.2. The number of aromatic carboxylic acids is 1. The molecule has 8 heteroatoms. The largest absolute Gasteiger partial charge is 0.478 e. The number of rotatable bonds is 5. The van der Waals surface area contributed by atoms with Crippen molar-refractivity contribution in [1.29, 1.82) is 0 Å². The van der Waals surface area contributed by atoms with Crippen LogP contribution in [0.15, 0.2) is 42.5 Å². The van der Waals surface area contributed by atoms with Gasteiger partial charge in [-0.15, -0.1) is 0 Å². The Morgan fingerprint density at radius 1 is 1.17 bits per heavy atom. The van der Waals surface area contributed by atoms with Crippen LogP contribution in [0.2, 0.25) is 10.0 Å². The van der Waals surface area contributed by atoms with Crippen molar-refractivity contribution in [3.63, 3.8) is 0 Å². The SMILES string of the molecule is CS(=O)(=O)N(Cc1ccc(Cl)cc1Cl)c1ccccc1C(=O)O. The average molecular weight is 374 g/mol. The van der Waals surface area contributed by atoms with Gasteiger partial charge in [0.1, 0.15) is 0 Å². The zero-order valence-electron chi connectivity index (χ0n) is 12.0. The predicted octanol–water partition coefficient (Wildman–Crippen LogP) is 3.66. The Morgan fingerprint density at radius 3 is 2.39 bits per heavy atom. The van der Waals surface area contributed by atoms with Crippen molar-refractivity contribution in [1.82, 2.24) is 0 Å². The van der Waals surface area contributed by atoms with Gasteiger partial charge in [-0.1, -0.05) is 41.4 Å². The van der Waals surface area contributed by atoms with Crippen molar-refractivity contribution >= 4 is 44.9 Å². The van der Waals surface area contributed by atoms with Gasteiger partial charge in [0.15, 0.2) is 0 Å². The first-order valence-electron chi connectivity index (χ1n) is 6.44. The average Bonchev–Trinajstić information content (AvgIpc) is 2.45. The molecule has 0 bridgehead atoms. The highest BCUT2D eigenvalue weighted by molar-refractivity contribution is 7.92. The van der Waals surface area contributed by atoms with Gasteiger partial charge in [0, 0.05) is 10.0 Å². The van der Waals surface area contributed by atoms with E-state index in [1.54, 1.807) is 18.2 Å². The maximum Gasteiger partial charge on any atom is 0.337 e. The number of nitrogens with zero attached hydrogens (tertiary/aromatic N) is 1. The molecule has 2 aromatic rings. The fourth-order valence-electron chi connectivity index (χ4n) is 2.06. The Balaban J connectivity index is 2.54. The van der Waals surface area contributed by atoms with Crippen LogP contribution in [0.25, 0.3) is 0 Å². The van der Waals surface area contributed by atoms with Crippen LogP contribution in [0.4, 0.5) is 5.69 Å². The van der Waals surface area contributed by atoms with E-state index in [2.05, 4.69) is 0 Å². The summed E-state index contributed by atoms with van der Waals surface area (Å²) in [6.45, 7) is -0.0981. The molecule has 122 valence electrons. The molecule has 0 aromatic heterocycles. The Kier molecular flexibility index (Phi) is 5.19. The third-order valence-corrected chi connectivity index (χ3v) is 4.85. The van der Waals surface area contributed by atoms with E-state index < -0.39 is 16.0 Å². The fraction of sp³-hybridized carbons (Fsp3) is 0.133. The minimum absolute atomic E-state index is 0.0773. The molecule has 2 aromatic carbocycles.